The quantitative estimate of drug-likeness (QED) is 0.803. The highest BCUT2D eigenvalue weighted by Gasteiger charge is 2.13. The number of nitrogens with zero attached hydrogens (tertiary/aromatic N) is 2. The largest absolute Gasteiger partial charge is 0.467 e. The van der Waals surface area contributed by atoms with E-state index in [1.54, 1.807) is 41.3 Å². The first-order valence-corrected chi connectivity index (χ1v) is 7.14. The number of aryl methyl sites for hydroxylation is 1. The van der Waals surface area contributed by atoms with Crippen molar-refractivity contribution >= 4 is 17.5 Å². The van der Waals surface area contributed by atoms with Crippen molar-refractivity contribution in [3.8, 4) is 5.69 Å². The maximum atomic E-state index is 12.1. The molecule has 0 spiro atoms. The minimum absolute atomic E-state index is 0.243. The monoisotopic (exact) mass is 315 g/mol. The van der Waals surface area contributed by atoms with E-state index < -0.39 is 0 Å². The van der Waals surface area contributed by atoms with Crippen LogP contribution in [0.15, 0.2) is 53.1 Å². The molecule has 0 saturated carbocycles. The Morgan fingerprint density at radius 3 is 2.77 bits per heavy atom. The molecule has 0 fully saturated rings. The molecule has 0 atom stereocenters. The molecule has 1 amide bonds. The highest BCUT2D eigenvalue weighted by atomic mass is 35.5. The summed E-state index contributed by atoms with van der Waals surface area (Å²) in [5, 5.41) is 7.77. The average Bonchev–Trinajstić information content (AvgIpc) is 3.15. The van der Waals surface area contributed by atoms with Crippen molar-refractivity contribution in [2.24, 2.45) is 0 Å². The number of carbonyl (C=O) groups excluding carboxylic acids is 1. The van der Waals surface area contributed by atoms with Gasteiger partial charge in [-0.15, -0.1) is 0 Å². The topological polar surface area (TPSA) is 60.1 Å². The molecule has 5 nitrogen and oxygen atoms in total. The molecule has 22 heavy (non-hydrogen) atoms. The number of hydrogen-bond acceptors (Lipinski definition) is 3. The van der Waals surface area contributed by atoms with E-state index in [2.05, 4.69) is 10.4 Å². The summed E-state index contributed by atoms with van der Waals surface area (Å²) in [6.07, 6.45) is 1.57. The highest BCUT2D eigenvalue weighted by molar-refractivity contribution is 6.30. The van der Waals surface area contributed by atoms with Gasteiger partial charge in [-0.3, -0.25) is 4.79 Å². The molecule has 2 heterocycles. The van der Waals surface area contributed by atoms with Crippen LogP contribution < -0.4 is 5.32 Å². The van der Waals surface area contributed by atoms with E-state index >= 15 is 0 Å². The summed E-state index contributed by atoms with van der Waals surface area (Å²) >= 11 is 5.88. The van der Waals surface area contributed by atoms with Gasteiger partial charge < -0.3 is 9.73 Å². The van der Waals surface area contributed by atoms with Crippen LogP contribution in [0, 0.1) is 6.92 Å². The van der Waals surface area contributed by atoms with Crippen LogP contribution in [0.2, 0.25) is 5.02 Å². The van der Waals surface area contributed by atoms with Crippen molar-refractivity contribution in [3.05, 3.63) is 70.9 Å². The van der Waals surface area contributed by atoms with Crippen molar-refractivity contribution in [1.29, 1.82) is 0 Å². The van der Waals surface area contributed by atoms with E-state index in [4.69, 9.17) is 16.0 Å². The van der Waals surface area contributed by atoms with Crippen LogP contribution in [0.3, 0.4) is 0 Å². The van der Waals surface area contributed by atoms with Gasteiger partial charge in [-0.2, -0.15) is 5.10 Å². The molecule has 0 bridgehead atoms. The predicted molar refractivity (Wildman–Crippen MR) is 83.2 cm³/mol. The third-order valence-corrected chi connectivity index (χ3v) is 3.45. The smallest absolute Gasteiger partial charge is 0.272 e. The van der Waals surface area contributed by atoms with Crippen molar-refractivity contribution < 1.29 is 9.21 Å². The summed E-state index contributed by atoms with van der Waals surface area (Å²) < 4.78 is 6.88. The summed E-state index contributed by atoms with van der Waals surface area (Å²) in [7, 11) is 0. The molecule has 2 aromatic heterocycles. The third-order valence-electron chi connectivity index (χ3n) is 3.19. The first kappa shape index (κ1) is 14.4. The van der Waals surface area contributed by atoms with Crippen LogP contribution >= 0.6 is 11.6 Å². The van der Waals surface area contributed by atoms with Crippen LogP contribution in [0.25, 0.3) is 5.69 Å². The predicted octanol–water partition coefficient (Wildman–Crippen LogP) is 3.36. The van der Waals surface area contributed by atoms with Gasteiger partial charge in [0, 0.05) is 10.7 Å². The van der Waals surface area contributed by atoms with E-state index in [-0.39, 0.29) is 5.91 Å². The number of rotatable bonds is 4. The average molecular weight is 316 g/mol. The SMILES string of the molecule is Cc1cc(C(=O)NCc2ccco2)nn1-c1ccc(Cl)cc1. The molecule has 1 N–H and O–H groups in total. The second-order valence-electron chi connectivity index (χ2n) is 4.82. The standard InChI is InChI=1S/C16H14ClN3O2/c1-11-9-15(16(21)18-10-14-3-2-8-22-14)19-20(11)13-6-4-12(17)5-7-13/h2-9H,10H2,1H3,(H,18,21). The fraction of sp³-hybridized carbons (Fsp3) is 0.125. The zero-order chi connectivity index (χ0) is 15.5. The number of furan rings is 1. The molecule has 0 aliphatic rings. The second-order valence-corrected chi connectivity index (χ2v) is 5.26. The van der Waals surface area contributed by atoms with Gasteiger partial charge in [0.2, 0.25) is 0 Å². The number of benzene rings is 1. The Labute approximate surface area is 132 Å². The highest BCUT2D eigenvalue weighted by Crippen LogP contribution is 2.15. The molecule has 0 aliphatic heterocycles. The van der Waals surface area contributed by atoms with E-state index in [9.17, 15) is 4.79 Å². The first-order valence-electron chi connectivity index (χ1n) is 6.76. The van der Waals surface area contributed by atoms with Crippen LogP contribution in [0.1, 0.15) is 21.9 Å². The maximum Gasteiger partial charge on any atom is 0.272 e. The Kier molecular flexibility index (Phi) is 3.98. The molecule has 3 rings (SSSR count). The fourth-order valence-electron chi connectivity index (χ4n) is 2.10. The minimum Gasteiger partial charge on any atom is -0.467 e. The van der Waals surface area contributed by atoms with Gasteiger partial charge in [-0.25, -0.2) is 4.68 Å². The van der Waals surface area contributed by atoms with Gasteiger partial charge in [-0.1, -0.05) is 11.6 Å². The summed E-state index contributed by atoms with van der Waals surface area (Å²) in [5.74, 6) is 0.453. The summed E-state index contributed by atoms with van der Waals surface area (Å²) in [4.78, 5) is 12.1. The van der Waals surface area contributed by atoms with Crippen molar-refractivity contribution in [1.82, 2.24) is 15.1 Å². The van der Waals surface area contributed by atoms with Gasteiger partial charge in [0.05, 0.1) is 18.5 Å². The number of aromatic nitrogens is 2. The zero-order valence-electron chi connectivity index (χ0n) is 11.9. The summed E-state index contributed by atoms with van der Waals surface area (Å²) in [6, 6.07) is 12.6. The number of nitrogens with one attached hydrogen (secondary N) is 1. The van der Waals surface area contributed by atoms with E-state index in [1.165, 1.54) is 0 Å². The lowest BCUT2D eigenvalue weighted by atomic mass is 10.3. The van der Waals surface area contributed by atoms with Crippen molar-refractivity contribution in [2.45, 2.75) is 13.5 Å². The van der Waals surface area contributed by atoms with Gasteiger partial charge in [0.15, 0.2) is 5.69 Å². The van der Waals surface area contributed by atoms with Gasteiger partial charge >= 0.3 is 0 Å². The lowest BCUT2D eigenvalue weighted by molar-refractivity contribution is 0.0942. The Hall–Kier alpha value is -2.53. The summed E-state index contributed by atoms with van der Waals surface area (Å²) in [5.41, 5.74) is 2.08. The second kappa shape index (κ2) is 6.07. The Morgan fingerprint density at radius 1 is 1.32 bits per heavy atom. The fourth-order valence-corrected chi connectivity index (χ4v) is 2.23. The molecule has 0 unspecified atom stereocenters. The van der Waals surface area contributed by atoms with E-state index in [0.717, 1.165) is 11.4 Å². The zero-order valence-corrected chi connectivity index (χ0v) is 12.7. The lowest BCUT2D eigenvalue weighted by Gasteiger charge is -2.04. The number of carbonyl (C=O) groups is 1. The lowest BCUT2D eigenvalue weighted by Crippen LogP contribution is -2.23. The summed E-state index contributed by atoms with van der Waals surface area (Å²) in [6.45, 7) is 2.23. The van der Waals surface area contributed by atoms with E-state index in [1.807, 2.05) is 19.1 Å². The van der Waals surface area contributed by atoms with Crippen LogP contribution in [0.4, 0.5) is 0 Å². The van der Waals surface area contributed by atoms with Crippen molar-refractivity contribution in [2.75, 3.05) is 0 Å². The van der Waals surface area contributed by atoms with Crippen LogP contribution in [-0.4, -0.2) is 15.7 Å². The van der Waals surface area contributed by atoms with Crippen molar-refractivity contribution in [3.63, 3.8) is 0 Å². The number of hydrogen-bond donors (Lipinski definition) is 1. The molecule has 0 saturated heterocycles. The van der Waals surface area contributed by atoms with Crippen LogP contribution in [0.5, 0.6) is 0 Å². The minimum atomic E-state index is -0.243. The molecule has 6 heteroatoms. The molecule has 0 aliphatic carbocycles. The normalized spacial score (nSPS) is 10.6. The molecule has 0 radical (unpaired) electrons. The number of amides is 1. The maximum absolute atomic E-state index is 12.1. The first-order chi connectivity index (χ1) is 10.6. The molecular weight excluding hydrogens is 302 g/mol. The molecule has 3 aromatic rings. The van der Waals surface area contributed by atoms with Gasteiger partial charge in [0.25, 0.3) is 5.91 Å². The molecule has 1 aromatic carbocycles. The third kappa shape index (κ3) is 3.04. The van der Waals surface area contributed by atoms with Gasteiger partial charge in [0.1, 0.15) is 5.76 Å². The number of halogens is 1. The molecular formula is C16H14ClN3O2. The Bertz CT molecular complexity index is 776. The molecule has 112 valence electrons. The van der Waals surface area contributed by atoms with E-state index in [0.29, 0.717) is 23.0 Å². The Balaban J connectivity index is 1.76. The Morgan fingerprint density at radius 2 is 2.09 bits per heavy atom. The van der Waals surface area contributed by atoms with Crippen LogP contribution in [-0.2, 0) is 6.54 Å². The van der Waals surface area contributed by atoms with Gasteiger partial charge in [-0.05, 0) is 49.4 Å².